The number of anilines is 1. The summed E-state index contributed by atoms with van der Waals surface area (Å²) in [5.41, 5.74) is 1.72. The highest BCUT2D eigenvalue weighted by atomic mass is 19.1. The fraction of sp³-hybridized carbons (Fsp3) is 0.350. The number of ether oxygens (including phenoxy) is 1. The van der Waals surface area contributed by atoms with Gasteiger partial charge in [0.2, 0.25) is 0 Å². The third kappa shape index (κ3) is 3.45. The number of para-hydroxylation sites is 2. The van der Waals surface area contributed by atoms with Gasteiger partial charge in [0.25, 0.3) is 0 Å². The van der Waals surface area contributed by atoms with E-state index in [0.717, 1.165) is 17.7 Å². The summed E-state index contributed by atoms with van der Waals surface area (Å²) < 4.78 is 19.6. The van der Waals surface area contributed by atoms with Gasteiger partial charge < -0.3 is 19.9 Å². The first kappa shape index (κ1) is 16.7. The highest BCUT2D eigenvalue weighted by Gasteiger charge is 2.26. The molecule has 0 spiro atoms. The summed E-state index contributed by atoms with van der Waals surface area (Å²) in [6.45, 7) is 2.88. The Labute approximate surface area is 152 Å². The minimum absolute atomic E-state index is 0.0259. The Morgan fingerprint density at radius 3 is 2.58 bits per heavy atom. The van der Waals surface area contributed by atoms with E-state index >= 15 is 0 Å². The number of nitrogens with zero attached hydrogens (tertiary/aromatic N) is 2. The number of fused-ring (bicyclic) bond motifs is 1. The Kier molecular flexibility index (Phi) is 4.65. The molecule has 1 N–H and O–H groups in total. The summed E-state index contributed by atoms with van der Waals surface area (Å²) in [4.78, 5) is 16.3. The Bertz CT molecular complexity index is 790. The molecule has 0 saturated carbocycles. The zero-order chi connectivity index (χ0) is 17.9. The molecule has 2 aliphatic rings. The zero-order valence-electron chi connectivity index (χ0n) is 14.5. The Morgan fingerprint density at radius 2 is 1.77 bits per heavy atom. The molecule has 6 heteroatoms. The van der Waals surface area contributed by atoms with Crippen molar-refractivity contribution in [3.8, 4) is 5.75 Å². The van der Waals surface area contributed by atoms with Crippen molar-refractivity contribution in [2.45, 2.75) is 12.5 Å². The van der Waals surface area contributed by atoms with Crippen LogP contribution >= 0.6 is 0 Å². The number of urea groups is 1. The van der Waals surface area contributed by atoms with Crippen LogP contribution in [0.3, 0.4) is 0 Å². The minimum Gasteiger partial charge on any atom is -0.491 e. The molecule has 136 valence electrons. The summed E-state index contributed by atoms with van der Waals surface area (Å²) in [5, 5.41) is 3.06. The Morgan fingerprint density at radius 1 is 1.04 bits per heavy atom. The first-order valence-corrected chi connectivity index (χ1v) is 8.96. The predicted molar refractivity (Wildman–Crippen MR) is 98.1 cm³/mol. The number of nitrogens with one attached hydrogen (secondary N) is 1. The lowest BCUT2D eigenvalue weighted by Gasteiger charge is -2.37. The van der Waals surface area contributed by atoms with Crippen molar-refractivity contribution in [3.63, 3.8) is 0 Å². The molecule has 1 unspecified atom stereocenters. The third-order valence-corrected chi connectivity index (χ3v) is 4.97. The van der Waals surface area contributed by atoms with Crippen LogP contribution in [0.4, 0.5) is 14.9 Å². The number of amides is 2. The van der Waals surface area contributed by atoms with Crippen LogP contribution in [0.2, 0.25) is 0 Å². The van der Waals surface area contributed by atoms with Crippen molar-refractivity contribution in [1.29, 1.82) is 0 Å². The second-order valence-electron chi connectivity index (χ2n) is 6.69. The second-order valence-corrected chi connectivity index (χ2v) is 6.69. The van der Waals surface area contributed by atoms with Crippen LogP contribution in [0.5, 0.6) is 5.75 Å². The number of piperazine rings is 1. The topological polar surface area (TPSA) is 44.8 Å². The number of benzene rings is 2. The van der Waals surface area contributed by atoms with E-state index in [0.29, 0.717) is 38.5 Å². The second kappa shape index (κ2) is 7.23. The van der Waals surface area contributed by atoms with Gasteiger partial charge in [-0.05, 0) is 30.2 Å². The van der Waals surface area contributed by atoms with E-state index in [2.05, 4.69) is 5.32 Å². The van der Waals surface area contributed by atoms with Crippen molar-refractivity contribution < 1.29 is 13.9 Å². The number of carbonyl (C=O) groups is 1. The van der Waals surface area contributed by atoms with Gasteiger partial charge in [-0.25, -0.2) is 9.18 Å². The van der Waals surface area contributed by atoms with Crippen molar-refractivity contribution in [1.82, 2.24) is 10.2 Å². The van der Waals surface area contributed by atoms with Gasteiger partial charge in [-0.1, -0.05) is 30.3 Å². The molecule has 2 aliphatic heterocycles. The minimum atomic E-state index is -0.219. The van der Waals surface area contributed by atoms with Crippen LogP contribution in [0.1, 0.15) is 5.56 Å². The van der Waals surface area contributed by atoms with Crippen molar-refractivity contribution in [2.75, 3.05) is 37.7 Å². The number of hydrogen-bond donors (Lipinski definition) is 1. The van der Waals surface area contributed by atoms with Crippen LogP contribution in [-0.2, 0) is 6.42 Å². The van der Waals surface area contributed by atoms with E-state index in [1.165, 1.54) is 6.07 Å². The number of hydrogen-bond acceptors (Lipinski definition) is 3. The Balaban J connectivity index is 1.31. The van der Waals surface area contributed by atoms with Crippen LogP contribution in [0.15, 0.2) is 48.5 Å². The monoisotopic (exact) mass is 355 g/mol. The van der Waals surface area contributed by atoms with Crippen LogP contribution < -0.4 is 15.0 Å². The zero-order valence-corrected chi connectivity index (χ0v) is 14.5. The van der Waals surface area contributed by atoms with E-state index in [-0.39, 0.29) is 17.9 Å². The van der Waals surface area contributed by atoms with E-state index in [9.17, 15) is 9.18 Å². The van der Waals surface area contributed by atoms with Crippen LogP contribution in [0, 0.1) is 5.82 Å². The summed E-state index contributed by atoms with van der Waals surface area (Å²) in [6.07, 6.45) is 0.775. The molecule has 5 nitrogen and oxygen atoms in total. The molecule has 1 saturated heterocycles. The fourth-order valence-electron chi connectivity index (χ4n) is 3.55. The van der Waals surface area contributed by atoms with Gasteiger partial charge in [0, 0.05) is 26.2 Å². The molecule has 0 radical (unpaired) electrons. The fourth-order valence-corrected chi connectivity index (χ4v) is 3.55. The van der Waals surface area contributed by atoms with Crippen molar-refractivity contribution in [3.05, 3.63) is 59.9 Å². The summed E-state index contributed by atoms with van der Waals surface area (Å²) in [6, 6.07) is 14.6. The largest absolute Gasteiger partial charge is 0.491 e. The molecule has 2 amide bonds. The van der Waals surface area contributed by atoms with Gasteiger partial charge in [-0.3, -0.25) is 0 Å². The quantitative estimate of drug-likeness (QED) is 0.901. The van der Waals surface area contributed by atoms with Crippen LogP contribution in [-0.4, -0.2) is 49.8 Å². The maximum atomic E-state index is 13.9. The van der Waals surface area contributed by atoms with E-state index < -0.39 is 0 Å². The first-order valence-electron chi connectivity index (χ1n) is 8.96. The lowest BCUT2D eigenvalue weighted by atomic mass is 10.0. The molecule has 1 fully saturated rings. The lowest BCUT2D eigenvalue weighted by Crippen LogP contribution is -2.55. The van der Waals surface area contributed by atoms with E-state index in [1.807, 2.05) is 35.2 Å². The number of rotatable bonds is 2. The standard InChI is InChI=1S/C20H22FN3O2/c21-17-6-2-3-7-18(17)23-9-11-24(12-10-23)20(25)22-16-13-15-5-1-4-8-19(15)26-14-16/h1-8,16H,9-14H2,(H,22,25). The van der Waals surface area contributed by atoms with Gasteiger partial charge in [-0.2, -0.15) is 0 Å². The van der Waals surface area contributed by atoms with E-state index in [4.69, 9.17) is 4.74 Å². The van der Waals surface area contributed by atoms with Gasteiger partial charge in [0.05, 0.1) is 11.7 Å². The molecule has 0 bridgehead atoms. The molecule has 4 rings (SSSR count). The van der Waals surface area contributed by atoms with Crippen molar-refractivity contribution in [2.24, 2.45) is 0 Å². The predicted octanol–water partition coefficient (Wildman–Crippen LogP) is 2.66. The summed E-state index contributed by atoms with van der Waals surface area (Å²) in [7, 11) is 0. The molecule has 0 aliphatic carbocycles. The van der Waals surface area contributed by atoms with E-state index in [1.54, 1.807) is 17.0 Å². The lowest BCUT2D eigenvalue weighted by molar-refractivity contribution is 0.178. The molecule has 26 heavy (non-hydrogen) atoms. The smallest absolute Gasteiger partial charge is 0.317 e. The maximum Gasteiger partial charge on any atom is 0.317 e. The average molecular weight is 355 g/mol. The SMILES string of the molecule is O=C(NC1COc2ccccc2C1)N1CCN(c2ccccc2F)CC1. The number of halogens is 1. The molecule has 2 heterocycles. The van der Waals surface area contributed by atoms with Crippen molar-refractivity contribution >= 4 is 11.7 Å². The van der Waals surface area contributed by atoms with Gasteiger partial charge >= 0.3 is 6.03 Å². The molecular weight excluding hydrogens is 333 g/mol. The Hall–Kier alpha value is -2.76. The highest BCUT2D eigenvalue weighted by Crippen LogP contribution is 2.24. The van der Waals surface area contributed by atoms with Crippen LogP contribution in [0.25, 0.3) is 0 Å². The highest BCUT2D eigenvalue weighted by molar-refractivity contribution is 5.75. The van der Waals surface area contributed by atoms with Gasteiger partial charge in [-0.15, -0.1) is 0 Å². The average Bonchev–Trinajstić information content (AvgIpc) is 2.68. The molecule has 0 aromatic heterocycles. The normalized spacial score (nSPS) is 19.5. The number of carbonyl (C=O) groups excluding carboxylic acids is 1. The molecule has 1 atom stereocenters. The maximum absolute atomic E-state index is 13.9. The third-order valence-electron chi connectivity index (χ3n) is 4.97. The van der Waals surface area contributed by atoms with Gasteiger partial charge in [0.15, 0.2) is 0 Å². The first-order chi connectivity index (χ1) is 12.7. The van der Waals surface area contributed by atoms with Gasteiger partial charge in [0.1, 0.15) is 18.2 Å². The molecule has 2 aromatic carbocycles. The summed E-state index contributed by atoms with van der Waals surface area (Å²) in [5.74, 6) is 0.680. The molecule has 2 aromatic rings. The molecular formula is C20H22FN3O2. The summed E-state index contributed by atoms with van der Waals surface area (Å²) >= 11 is 0.